The Morgan fingerprint density at radius 3 is 2.83 bits per heavy atom. The van der Waals surface area contributed by atoms with Crippen LogP contribution in [0.3, 0.4) is 0 Å². The molecule has 1 fully saturated rings. The number of hydrogen-bond donors (Lipinski definition) is 1. The molecule has 1 aromatic carbocycles. The Kier molecular flexibility index (Phi) is 6.42. The molecule has 0 bridgehead atoms. The van der Waals surface area contributed by atoms with E-state index in [0.29, 0.717) is 15.0 Å². The normalized spacial score (nSPS) is 16.3. The molecule has 1 amide bonds. The van der Waals surface area contributed by atoms with E-state index in [2.05, 4.69) is 15.9 Å². The first-order valence-electron chi connectivity index (χ1n) is 7.21. The topological polar surface area (TPSA) is 66.8 Å². The van der Waals surface area contributed by atoms with Gasteiger partial charge >= 0.3 is 5.97 Å². The predicted octanol–water partition coefficient (Wildman–Crippen LogP) is 3.91. The summed E-state index contributed by atoms with van der Waals surface area (Å²) >= 11 is 9.77. The maximum atomic E-state index is 12.5. The lowest BCUT2D eigenvalue weighted by Crippen LogP contribution is -2.30. The number of ether oxygens (including phenoxy) is 1. The number of aliphatic carboxylic acids is 1. The molecule has 8 heteroatoms. The van der Waals surface area contributed by atoms with Gasteiger partial charge in [0.1, 0.15) is 10.1 Å². The highest BCUT2D eigenvalue weighted by atomic mass is 79.9. The molecule has 5 nitrogen and oxygen atoms in total. The van der Waals surface area contributed by atoms with E-state index in [1.54, 1.807) is 6.08 Å². The van der Waals surface area contributed by atoms with Crippen LogP contribution in [0.5, 0.6) is 5.75 Å². The van der Waals surface area contributed by atoms with Gasteiger partial charge in [-0.3, -0.25) is 14.5 Å². The number of carbonyl (C=O) groups excluding carboxylic acids is 1. The lowest BCUT2D eigenvalue weighted by molar-refractivity contribution is -0.137. The molecule has 0 radical (unpaired) electrons. The van der Waals surface area contributed by atoms with Gasteiger partial charge in [0.15, 0.2) is 0 Å². The van der Waals surface area contributed by atoms with E-state index in [-0.39, 0.29) is 25.0 Å². The van der Waals surface area contributed by atoms with Crippen molar-refractivity contribution < 1.29 is 19.4 Å². The minimum Gasteiger partial charge on any atom is -0.490 e. The second-order valence-corrected chi connectivity index (χ2v) is 7.92. The summed E-state index contributed by atoms with van der Waals surface area (Å²) in [4.78, 5) is 24.9. The molecule has 0 saturated carbocycles. The van der Waals surface area contributed by atoms with Crippen LogP contribution in [0.15, 0.2) is 27.6 Å². The summed E-state index contributed by atoms with van der Waals surface area (Å²) in [5, 5.41) is 8.77. The number of hydrogen-bond acceptors (Lipinski definition) is 5. The Bertz CT molecular complexity index is 718. The Balaban J connectivity index is 2.28. The Morgan fingerprint density at radius 2 is 2.21 bits per heavy atom. The maximum absolute atomic E-state index is 12.5. The van der Waals surface area contributed by atoms with E-state index in [9.17, 15) is 9.59 Å². The molecule has 0 aromatic heterocycles. The third-order valence-electron chi connectivity index (χ3n) is 3.04. The summed E-state index contributed by atoms with van der Waals surface area (Å²) in [5.41, 5.74) is 0.761. The second kappa shape index (κ2) is 8.13. The van der Waals surface area contributed by atoms with E-state index in [1.165, 1.54) is 16.7 Å². The summed E-state index contributed by atoms with van der Waals surface area (Å²) in [7, 11) is 0. The molecule has 128 valence electrons. The summed E-state index contributed by atoms with van der Waals surface area (Å²) in [5.74, 6) is -0.571. The predicted molar refractivity (Wildman–Crippen MR) is 102 cm³/mol. The van der Waals surface area contributed by atoms with Crippen molar-refractivity contribution in [3.05, 3.63) is 33.1 Å². The monoisotopic (exact) mass is 429 g/mol. The van der Waals surface area contributed by atoms with Crippen LogP contribution in [0.2, 0.25) is 0 Å². The lowest BCUT2D eigenvalue weighted by Gasteiger charge is -2.13. The number of nitrogens with zero attached hydrogens (tertiary/aromatic N) is 1. The van der Waals surface area contributed by atoms with Crippen LogP contribution in [-0.4, -0.2) is 38.9 Å². The smallest absolute Gasteiger partial charge is 0.305 e. The molecule has 1 aliphatic heterocycles. The third kappa shape index (κ3) is 4.81. The van der Waals surface area contributed by atoms with Gasteiger partial charge in [0, 0.05) is 16.6 Å². The van der Waals surface area contributed by atoms with Crippen LogP contribution in [0.1, 0.15) is 25.8 Å². The molecular weight excluding hydrogens is 414 g/mol. The van der Waals surface area contributed by atoms with E-state index < -0.39 is 5.97 Å². The number of thiocarbonyl (C=S) groups is 1. The molecule has 1 aromatic rings. The van der Waals surface area contributed by atoms with E-state index >= 15 is 0 Å². The highest BCUT2D eigenvalue weighted by Gasteiger charge is 2.32. The number of benzene rings is 1. The van der Waals surface area contributed by atoms with Crippen molar-refractivity contribution in [1.29, 1.82) is 0 Å². The van der Waals surface area contributed by atoms with Crippen molar-refractivity contribution in [2.45, 2.75) is 26.4 Å². The van der Waals surface area contributed by atoms with Crippen molar-refractivity contribution in [1.82, 2.24) is 4.90 Å². The van der Waals surface area contributed by atoms with Crippen LogP contribution >= 0.6 is 39.9 Å². The molecule has 0 spiro atoms. The number of rotatable bonds is 6. The summed E-state index contributed by atoms with van der Waals surface area (Å²) < 4.78 is 7.00. The minimum atomic E-state index is -0.965. The fourth-order valence-corrected chi connectivity index (χ4v) is 3.71. The van der Waals surface area contributed by atoms with Crippen molar-refractivity contribution >= 4 is 62.2 Å². The molecule has 0 aliphatic carbocycles. The van der Waals surface area contributed by atoms with Gasteiger partial charge in [-0.1, -0.05) is 39.9 Å². The molecule has 0 unspecified atom stereocenters. The molecule has 1 saturated heterocycles. The fraction of sp³-hybridized carbons (Fsp3) is 0.312. The van der Waals surface area contributed by atoms with Gasteiger partial charge in [-0.15, -0.1) is 0 Å². The van der Waals surface area contributed by atoms with E-state index in [4.69, 9.17) is 22.1 Å². The first-order valence-corrected chi connectivity index (χ1v) is 9.23. The molecule has 1 heterocycles. The van der Waals surface area contributed by atoms with E-state index in [1.807, 2.05) is 32.0 Å². The second-order valence-electron chi connectivity index (χ2n) is 5.33. The first-order chi connectivity index (χ1) is 11.3. The zero-order valence-electron chi connectivity index (χ0n) is 13.1. The van der Waals surface area contributed by atoms with Gasteiger partial charge in [0.25, 0.3) is 5.91 Å². The van der Waals surface area contributed by atoms with Gasteiger partial charge in [0.05, 0.1) is 17.4 Å². The molecule has 0 atom stereocenters. The van der Waals surface area contributed by atoms with Gasteiger partial charge in [0.2, 0.25) is 0 Å². The largest absolute Gasteiger partial charge is 0.490 e. The Labute approximate surface area is 158 Å². The van der Waals surface area contributed by atoms with Gasteiger partial charge in [-0.05, 0) is 38.1 Å². The molecule has 24 heavy (non-hydrogen) atoms. The van der Waals surface area contributed by atoms with Gasteiger partial charge in [-0.2, -0.15) is 0 Å². The maximum Gasteiger partial charge on any atom is 0.305 e. The molecule has 2 rings (SSSR count). The number of thioether (sulfide) groups is 1. The molecule has 1 aliphatic rings. The van der Waals surface area contributed by atoms with Crippen LogP contribution in [-0.2, 0) is 9.59 Å². The number of carboxylic acids is 1. The van der Waals surface area contributed by atoms with Crippen LogP contribution in [0, 0.1) is 0 Å². The zero-order chi connectivity index (χ0) is 17.9. The molecular formula is C16H16BrNO4S2. The fourth-order valence-electron chi connectivity index (χ4n) is 2.03. The summed E-state index contributed by atoms with van der Waals surface area (Å²) in [6, 6.07) is 5.57. The summed E-state index contributed by atoms with van der Waals surface area (Å²) in [6.45, 7) is 3.93. The average molecular weight is 430 g/mol. The minimum absolute atomic E-state index is 0.00315. The number of halogens is 1. The third-order valence-corrected chi connectivity index (χ3v) is 4.91. The lowest BCUT2D eigenvalue weighted by atomic mass is 10.2. The number of carbonyl (C=O) groups is 2. The summed E-state index contributed by atoms with van der Waals surface area (Å²) in [6.07, 6.45) is 1.59. The quantitative estimate of drug-likeness (QED) is 0.545. The average Bonchev–Trinajstić information content (AvgIpc) is 2.74. The van der Waals surface area contributed by atoms with Crippen molar-refractivity contribution in [2.75, 3.05) is 6.54 Å². The van der Waals surface area contributed by atoms with Crippen molar-refractivity contribution in [2.24, 2.45) is 0 Å². The van der Waals surface area contributed by atoms with Crippen LogP contribution < -0.4 is 4.74 Å². The van der Waals surface area contributed by atoms with Gasteiger partial charge < -0.3 is 9.84 Å². The highest BCUT2D eigenvalue weighted by Crippen LogP contribution is 2.35. The van der Waals surface area contributed by atoms with Crippen LogP contribution in [0.25, 0.3) is 6.08 Å². The van der Waals surface area contributed by atoms with Gasteiger partial charge in [-0.25, -0.2) is 0 Å². The standard InChI is InChI=1S/C16H16BrNO4S2/c1-9(2)22-12-4-3-11(17)7-10(12)8-13-15(21)18(16(23)24-13)6-5-14(19)20/h3-4,7-9H,5-6H2,1-2H3,(H,19,20). The van der Waals surface area contributed by atoms with Crippen LogP contribution in [0.4, 0.5) is 0 Å². The SMILES string of the molecule is CC(C)Oc1ccc(Br)cc1C=C1SC(=S)N(CCC(=O)O)C1=O. The highest BCUT2D eigenvalue weighted by molar-refractivity contribution is 9.10. The first kappa shape index (κ1) is 19.0. The van der Waals surface area contributed by atoms with Crippen molar-refractivity contribution in [3.8, 4) is 5.75 Å². The van der Waals surface area contributed by atoms with Crippen molar-refractivity contribution in [3.63, 3.8) is 0 Å². The zero-order valence-corrected chi connectivity index (χ0v) is 16.3. The number of amides is 1. The Morgan fingerprint density at radius 1 is 1.50 bits per heavy atom. The molecule has 1 N–H and O–H groups in total. The Hall–Kier alpha value is -1.38. The van der Waals surface area contributed by atoms with E-state index in [0.717, 1.165) is 10.0 Å². The number of carboxylic acid groups (broad SMARTS) is 1.